The molecule has 0 spiro atoms. The number of aromatic nitrogens is 1. The molecule has 0 amide bonds. The van der Waals surface area contributed by atoms with Gasteiger partial charge in [-0.15, -0.1) is 0 Å². The van der Waals surface area contributed by atoms with E-state index in [0.717, 1.165) is 16.5 Å². The third-order valence-corrected chi connectivity index (χ3v) is 3.33. The lowest BCUT2D eigenvalue weighted by atomic mass is 10.1. The van der Waals surface area contributed by atoms with Gasteiger partial charge < -0.3 is 10.7 Å². The van der Waals surface area contributed by atoms with Crippen LogP contribution in [-0.2, 0) is 0 Å². The fourth-order valence-corrected chi connectivity index (χ4v) is 2.37. The summed E-state index contributed by atoms with van der Waals surface area (Å²) < 4.78 is 0. The van der Waals surface area contributed by atoms with E-state index in [-0.39, 0.29) is 5.78 Å². The van der Waals surface area contributed by atoms with Gasteiger partial charge in [0, 0.05) is 16.5 Å². The summed E-state index contributed by atoms with van der Waals surface area (Å²) in [5, 5.41) is 0.932. The minimum atomic E-state index is -0.0753. The highest BCUT2D eigenvalue weighted by Crippen LogP contribution is 2.29. The van der Waals surface area contributed by atoms with Crippen molar-refractivity contribution in [2.24, 2.45) is 0 Å². The zero-order valence-corrected chi connectivity index (χ0v) is 10.6. The average Bonchev–Trinajstić information content (AvgIpc) is 2.78. The van der Waals surface area contributed by atoms with Crippen molar-refractivity contribution >= 4 is 22.4 Å². The summed E-state index contributed by atoms with van der Waals surface area (Å²) >= 11 is 0. The highest BCUT2D eigenvalue weighted by Gasteiger charge is 2.17. The quantitative estimate of drug-likeness (QED) is 0.686. The molecule has 3 heteroatoms. The van der Waals surface area contributed by atoms with Crippen molar-refractivity contribution in [3.05, 3.63) is 65.4 Å². The molecule has 94 valence electrons. The van der Waals surface area contributed by atoms with Gasteiger partial charge in [-0.1, -0.05) is 42.5 Å². The van der Waals surface area contributed by atoms with E-state index in [2.05, 4.69) is 4.98 Å². The van der Waals surface area contributed by atoms with Gasteiger partial charge in [0.1, 0.15) is 5.69 Å². The number of rotatable bonds is 2. The average molecular weight is 250 g/mol. The van der Waals surface area contributed by atoms with Crippen LogP contribution in [0.3, 0.4) is 0 Å². The lowest BCUT2D eigenvalue weighted by molar-refractivity contribution is 0.103. The van der Waals surface area contributed by atoms with Crippen LogP contribution < -0.4 is 5.73 Å². The number of carbonyl (C=O) groups excluding carboxylic acids is 1. The molecule has 2 aromatic carbocycles. The Hall–Kier alpha value is -2.55. The Labute approximate surface area is 111 Å². The highest BCUT2D eigenvalue weighted by atomic mass is 16.1. The SMILES string of the molecule is Cc1cccc2[nH]c(C(=O)c3ccccc3)c(N)c12. The number of carbonyl (C=O) groups is 1. The third kappa shape index (κ3) is 1.80. The van der Waals surface area contributed by atoms with E-state index in [4.69, 9.17) is 5.73 Å². The summed E-state index contributed by atoms with van der Waals surface area (Å²) in [5.74, 6) is -0.0753. The van der Waals surface area contributed by atoms with Crippen LogP contribution in [0.1, 0.15) is 21.6 Å². The van der Waals surface area contributed by atoms with Crippen molar-refractivity contribution in [2.45, 2.75) is 6.92 Å². The van der Waals surface area contributed by atoms with Gasteiger partial charge in [-0.05, 0) is 18.6 Å². The van der Waals surface area contributed by atoms with Gasteiger partial charge in [0.25, 0.3) is 0 Å². The second kappa shape index (κ2) is 4.28. The van der Waals surface area contributed by atoms with Crippen LogP contribution >= 0.6 is 0 Å². The Kier molecular flexibility index (Phi) is 2.60. The number of ketones is 1. The Bertz CT molecular complexity index is 757. The molecule has 0 saturated carbocycles. The van der Waals surface area contributed by atoms with Crippen LogP contribution in [0.5, 0.6) is 0 Å². The molecule has 0 aliphatic carbocycles. The summed E-state index contributed by atoms with van der Waals surface area (Å²) in [7, 11) is 0. The molecule has 3 aromatic rings. The number of nitrogen functional groups attached to an aromatic ring is 1. The van der Waals surface area contributed by atoms with Gasteiger partial charge in [-0.25, -0.2) is 0 Å². The molecule has 3 rings (SSSR count). The first-order valence-electron chi connectivity index (χ1n) is 6.15. The predicted octanol–water partition coefficient (Wildman–Crippen LogP) is 3.29. The fourth-order valence-electron chi connectivity index (χ4n) is 2.37. The minimum Gasteiger partial charge on any atom is -0.396 e. The summed E-state index contributed by atoms with van der Waals surface area (Å²) in [5.41, 5.74) is 9.73. The Morgan fingerprint density at radius 1 is 1.05 bits per heavy atom. The number of nitrogens with two attached hydrogens (primary N) is 1. The zero-order valence-electron chi connectivity index (χ0n) is 10.6. The smallest absolute Gasteiger partial charge is 0.211 e. The molecular formula is C16H14N2O. The number of benzene rings is 2. The number of hydrogen-bond acceptors (Lipinski definition) is 2. The van der Waals surface area contributed by atoms with E-state index < -0.39 is 0 Å². The van der Waals surface area contributed by atoms with Crippen LogP contribution in [0.15, 0.2) is 48.5 Å². The monoisotopic (exact) mass is 250 g/mol. The molecule has 0 fully saturated rings. The van der Waals surface area contributed by atoms with Crippen LogP contribution in [-0.4, -0.2) is 10.8 Å². The Balaban J connectivity index is 2.19. The van der Waals surface area contributed by atoms with Crippen molar-refractivity contribution in [3.8, 4) is 0 Å². The van der Waals surface area contributed by atoms with Gasteiger partial charge >= 0.3 is 0 Å². The summed E-state index contributed by atoms with van der Waals surface area (Å²) in [6.07, 6.45) is 0. The standard InChI is InChI=1S/C16H14N2O/c1-10-6-5-9-12-13(10)14(17)15(18-12)16(19)11-7-3-2-4-8-11/h2-9,18H,17H2,1H3. The molecule has 0 atom stereocenters. The molecule has 0 unspecified atom stereocenters. The van der Waals surface area contributed by atoms with Crippen molar-refractivity contribution in [1.29, 1.82) is 0 Å². The van der Waals surface area contributed by atoms with Crippen molar-refractivity contribution in [3.63, 3.8) is 0 Å². The number of anilines is 1. The second-order valence-corrected chi connectivity index (χ2v) is 4.61. The largest absolute Gasteiger partial charge is 0.396 e. The summed E-state index contributed by atoms with van der Waals surface area (Å²) in [4.78, 5) is 15.6. The molecule has 3 nitrogen and oxygen atoms in total. The Morgan fingerprint density at radius 3 is 2.47 bits per heavy atom. The zero-order chi connectivity index (χ0) is 13.4. The lowest BCUT2D eigenvalue weighted by Crippen LogP contribution is -2.04. The molecule has 0 aliphatic rings. The van der Waals surface area contributed by atoms with E-state index in [1.807, 2.05) is 43.3 Å². The van der Waals surface area contributed by atoms with Crippen LogP contribution in [0, 0.1) is 6.92 Å². The van der Waals surface area contributed by atoms with Crippen molar-refractivity contribution < 1.29 is 4.79 Å². The first kappa shape index (κ1) is 11.5. The van der Waals surface area contributed by atoms with Gasteiger partial charge in [0.05, 0.1) is 5.69 Å². The molecule has 19 heavy (non-hydrogen) atoms. The lowest BCUT2D eigenvalue weighted by Gasteiger charge is -2.00. The maximum absolute atomic E-state index is 12.4. The van der Waals surface area contributed by atoms with E-state index in [1.54, 1.807) is 12.1 Å². The molecule has 0 bridgehead atoms. The number of fused-ring (bicyclic) bond motifs is 1. The normalized spacial score (nSPS) is 10.8. The van der Waals surface area contributed by atoms with Gasteiger partial charge in [-0.2, -0.15) is 0 Å². The molecule has 0 saturated heterocycles. The van der Waals surface area contributed by atoms with Crippen molar-refractivity contribution in [2.75, 3.05) is 5.73 Å². The van der Waals surface area contributed by atoms with E-state index in [0.29, 0.717) is 16.9 Å². The van der Waals surface area contributed by atoms with Crippen LogP contribution in [0.4, 0.5) is 5.69 Å². The molecular weight excluding hydrogens is 236 g/mol. The van der Waals surface area contributed by atoms with Crippen LogP contribution in [0.2, 0.25) is 0 Å². The maximum Gasteiger partial charge on any atom is 0.211 e. The minimum absolute atomic E-state index is 0.0753. The second-order valence-electron chi connectivity index (χ2n) is 4.61. The fraction of sp³-hybridized carbons (Fsp3) is 0.0625. The predicted molar refractivity (Wildman–Crippen MR) is 77.3 cm³/mol. The van der Waals surface area contributed by atoms with E-state index in [1.165, 1.54) is 0 Å². The number of H-pyrrole nitrogens is 1. The Morgan fingerprint density at radius 2 is 1.79 bits per heavy atom. The molecule has 1 aromatic heterocycles. The molecule has 0 aliphatic heterocycles. The molecule has 1 heterocycles. The highest BCUT2D eigenvalue weighted by molar-refractivity contribution is 6.16. The molecule has 3 N–H and O–H groups in total. The van der Waals surface area contributed by atoms with Crippen LogP contribution in [0.25, 0.3) is 10.9 Å². The number of aryl methyl sites for hydroxylation is 1. The number of hydrogen-bond donors (Lipinski definition) is 2. The summed E-state index contributed by atoms with van der Waals surface area (Å²) in [6.45, 7) is 1.99. The maximum atomic E-state index is 12.4. The first-order chi connectivity index (χ1) is 9.18. The summed E-state index contributed by atoms with van der Waals surface area (Å²) in [6, 6.07) is 15.0. The van der Waals surface area contributed by atoms with Crippen molar-refractivity contribution in [1.82, 2.24) is 4.98 Å². The van der Waals surface area contributed by atoms with Gasteiger partial charge in [0.2, 0.25) is 5.78 Å². The number of aromatic amines is 1. The van der Waals surface area contributed by atoms with E-state index >= 15 is 0 Å². The number of nitrogens with one attached hydrogen (secondary N) is 1. The van der Waals surface area contributed by atoms with Gasteiger partial charge in [0.15, 0.2) is 0 Å². The first-order valence-corrected chi connectivity index (χ1v) is 6.15. The van der Waals surface area contributed by atoms with E-state index in [9.17, 15) is 4.79 Å². The topological polar surface area (TPSA) is 58.9 Å². The van der Waals surface area contributed by atoms with Gasteiger partial charge in [-0.3, -0.25) is 4.79 Å². The third-order valence-electron chi connectivity index (χ3n) is 3.33. The molecule has 0 radical (unpaired) electrons.